The molecule has 0 radical (unpaired) electrons. The van der Waals surface area contributed by atoms with Crippen LogP contribution in [-0.4, -0.2) is 44.8 Å². The van der Waals surface area contributed by atoms with Crippen LogP contribution in [0.1, 0.15) is 66.5 Å². The maximum Gasteiger partial charge on any atom is 0.274 e. The van der Waals surface area contributed by atoms with Crippen molar-refractivity contribution in [3.8, 4) is 5.75 Å². The van der Waals surface area contributed by atoms with Crippen molar-refractivity contribution in [1.82, 2.24) is 9.47 Å². The van der Waals surface area contributed by atoms with Crippen molar-refractivity contribution in [2.75, 3.05) is 13.1 Å². The van der Waals surface area contributed by atoms with Gasteiger partial charge in [0, 0.05) is 18.7 Å². The monoisotopic (exact) mass is 426 g/mol. The molecule has 166 valence electrons. The van der Waals surface area contributed by atoms with Crippen molar-refractivity contribution >= 4 is 5.91 Å². The van der Waals surface area contributed by atoms with Crippen LogP contribution in [0.25, 0.3) is 0 Å². The zero-order chi connectivity index (χ0) is 22.3. The maximum absolute atomic E-state index is 13.3. The smallest absolute Gasteiger partial charge is 0.274 e. The average Bonchev–Trinajstić information content (AvgIpc) is 2.93. The lowest BCUT2D eigenvalue weighted by atomic mass is 9.86. The number of aromatic nitrogens is 1. The molecule has 3 aliphatic heterocycles. The van der Waals surface area contributed by atoms with Gasteiger partial charge in [0.25, 0.3) is 5.91 Å². The summed E-state index contributed by atoms with van der Waals surface area (Å²) in [6, 6.07) is 9.45. The molecule has 3 aliphatic rings. The standard InChI is InChI=1S/C22H24N2O5.C2H6/c1-13-15-18(26)20(27)22-9-5-6-10-23(12-22)21(28)16(24(15)22)19(17(13)25)29-11-14-7-3-2-4-8-14;1-2/h2-4,7-8,18,20,26-27H,5-6,9-12H2,1H3;1-2H3. The molecule has 4 heterocycles. The summed E-state index contributed by atoms with van der Waals surface area (Å²) >= 11 is 0. The molecule has 7 heteroatoms. The molecule has 2 bridgehead atoms. The SMILES string of the molecule is CC.Cc1c2n3c(c(OCc4ccccc4)c1=O)C(=O)N1CCCCC3(C1)C(O)C2O. The Morgan fingerprint density at radius 2 is 1.84 bits per heavy atom. The number of fused-ring (bicyclic) bond motifs is 1. The van der Waals surface area contributed by atoms with E-state index in [4.69, 9.17) is 4.74 Å². The molecule has 1 aromatic heterocycles. The van der Waals surface area contributed by atoms with Crippen molar-refractivity contribution in [2.45, 2.75) is 64.4 Å². The molecule has 7 nitrogen and oxygen atoms in total. The van der Waals surface area contributed by atoms with Gasteiger partial charge in [0.2, 0.25) is 5.43 Å². The summed E-state index contributed by atoms with van der Waals surface area (Å²) in [6.45, 7) is 6.69. The van der Waals surface area contributed by atoms with Crippen LogP contribution in [0.15, 0.2) is 35.1 Å². The number of aliphatic hydroxyl groups is 2. The Labute approximate surface area is 181 Å². The lowest BCUT2D eigenvalue weighted by Crippen LogP contribution is -2.56. The Hall–Kier alpha value is -2.64. The highest BCUT2D eigenvalue weighted by atomic mass is 16.5. The first-order chi connectivity index (χ1) is 15.0. The third kappa shape index (κ3) is 3.10. The van der Waals surface area contributed by atoms with E-state index in [0.717, 1.165) is 18.4 Å². The van der Waals surface area contributed by atoms with Crippen LogP contribution in [0.5, 0.6) is 5.75 Å². The summed E-state index contributed by atoms with van der Waals surface area (Å²) in [5, 5.41) is 21.8. The molecule has 0 saturated carbocycles. The number of amides is 1. The third-order valence-corrected chi connectivity index (χ3v) is 6.65. The van der Waals surface area contributed by atoms with Crippen molar-refractivity contribution < 1.29 is 19.7 Å². The van der Waals surface area contributed by atoms with Gasteiger partial charge in [-0.15, -0.1) is 0 Å². The Balaban J connectivity index is 0.00000112. The molecule has 2 N–H and O–H groups in total. The second-order valence-electron chi connectivity index (χ2n) is 8.30. The largest absolute Gasteiger partial charge is 0.483 e. The highest BCUT2D eigenvalue weighted by Crippen LogP contribution is 2.49. The van der Waals surface area contributed by atoms with Crippen LogP contribution < -0.4 is 10.2 Å². The Morgan fingerprint density at radius 3 is 2.55 bits per heavy atom. The lowest BCUT2D eigenvalue weighted by Gasteiger charge is -2.43. The predicted octanol–water partition coefficient (Wildman–Crippen LogP) is 2.50. The minimum Gasteiger partial charge on any atom is -0.483 e. The Morgan fingerprint density at radius 1 is 1.13 bits per heavy atom. The summed E-state index contributed by atoms with van der Waals surface area (Å²) in [7, 11) is 0. The zero-order valence-corrected chi connectivity index (χ0v) is 18.3. The highest BCUT2D eigenvalue weighted by molar-refractivity contribution is 5.97. The van der Waals surface area contributed by atoms with E-state index < -0.39 is 23.2 Å². The fourth-order valence-corrected chi connectivity index (χ4v) is 5.20. The Bertz CT molecular complexity index is 1050. The average molecular weight is 427 g/mol. The number of carbonyl (C=O) groups excluding carboxylic acids is 1. The van der Waals surface area contributed by atoms with Gasteiger partial charge in [0.05, 0.1) is 11.2 Å². The molecule has 1 saturated heterocycles. The van der Waals surface area contributed by atoms with Crippen molar-refractivity contribution in [2.24, 2.45) is 0 Å². The first-order valence-electron chi connectivity index (χ1n) is 11.1. The molecule has 31 heavy (non-hydrogen) atoms. The second kappa shape index (κ2) is 8.13. The van der Waals surface area contributed by atoms with Gasteiger partial charge < -0.3 is 24.4 Å². The first-order valence-corrected chi connectivity index (χ1v) is 11.1. The van der Waals surface area contributed by atoms with E-state index in [9.17, 15) is 19.8 Å². The van der Waals surface area contributed by atoms with Gasteiger partial charge in [-0.25, -0.2) is 0 Å². The summed E-state index contributed by atoms with van der Waals surface area (Å²) in [4.78, 5) is 28.2. The minimum atomic E-state index is -1.20. The molecule has 0 aliphatic carbocycles. The normalized spacial score (nSPS) is 26.0. The molecule has 3 unspecified atom stereocenters. The first kappa shape index (κ1) is 21.6. The number of nitrogens with zero attached hydrogens (tertiary/aromatic N) is 2. The van der Waals surface area contributed by atoms with E-state index >= 15 is 0 Å². The summed E-state index contributed by atoms with van der Waals surface area (Å²) < 4.78 is 7.67. The van der Waals surface area contributed by atoms with Crippen LogP contribution in [0.3, 0.4) is 0 Å². The van der Waals surface area contributed by atoms with E-state index in [1.54, 1.807) is 16.4 Å². The molecule has 5 rings (SSSR count). The molecule has 1 aromatic carbocycles. The fourth-order valence-electron chi connectivity index (χ4n) is 5.20. The van der Waals surface area contributed by atoms with Gasteiger partial charge in [0.1, 0.15) is 18.8 Å². The molecule has 1 spiro atoms. The minimum absolute atomic E-state index is 0.0115. The van der Waals surface area contributed by atoms with Crippen LogP contribution in [0, 0.1) is 6.92 Å². The van der Waals surface area contributed by atoms with Gasteiger partial charge in [0.15, 0.2) is 11.4 Å². The van der Waals surface area contributed by atoms with E-state index in [1.165, 1.54) is 0 Å². The van der Waals surface area contributed by atoms with Gasteiger partial charge in [-0.1, -0.05) is 44.2 Å². The number of hydrogen-bond donors (Lipinski definition) is 2. The van der Waals surface area contributed by atoms with Crippen LogP contribution >= 0.6 is 0 Å². The number of pyridine rings is 1. The Kier molecular flexibility index (Phi) is 5.66. The zero-order valence-electron chi connectivity index (χ0n) is 18.3. The third-order valence-electron chi connectivity index (χ3n) is 6.65. The number of hydrogen-bond acceptors (Lipinski definition) is 5. The van der Waals surface area contributed by atoms with Crippen LogP contribution in [0.4, 0.5) is 0 Å². The van der Waals surface area contributed by atoms with Gasteiger partial charge >= 0.3 is 0 Å². The number of benzene rings is 1. The van der Waals surface area contributed by atoms with E-state index in [2.05, 4.69) is 0 Å². The van der Waals surface area contributed by atoms with Gasteiger partial charge in [-0.05, 0) is 31.7 Å². The second-order valence-corrected chi connectivity index (χ2v) is 8.30. The summed E-state index contributed by atoms with van der Waals surface area (Å²) in [6.07, 6.45) is 0.0181. The summed E-state index contributed by atoms with van der Waals surface area (Å²) in [5.74, 6) is -0.261. The van der Waals surface area contributed by atoms with Crippen LogP contribution in [0.2, 0.25) is 0 Å². The molecule has 1 fully saturated rings. The van der Waals surface area contributed by atoms with Gasteiger partial charge in [-0.3, -0.25) is 9.59 Å². The van der Waals surface area contributed by atoms with Crippen molar-refractivity contribution in [3.63, 3.8) is 0 Å². The van der Waals surface area contributed by atoms with Crippen LogP contribution in [-0.2, 0) is 12.1 Å². The molecule has 1 amide bonds. The fraction of sp³-hybridized carbons (Fsp3) is 0.500. The maximum atomic E-state index is 13.3. The summed E-state index contributed by atoms with van der Waals surface area (Å²) in [5.41, 5.74) is 0.495. The number of carbonyl (C=O) groups is 1. The topological polar surface area (TPSA) is 92.0 Å². The van der Waals surface area contributed by atoms with E-state index in [0.29, 0.717) is 30.8 Å². The predicted molar refractivity (Wildman–Crippen MR) is 116 cm³/mol. The number of aliphatic hydroxyl groups excluding tert-OH is 2. The van der Waals surface area contributed by atoms with Gasteiger partial charge in [-0.2, -0.15) is 0 Å². The quantitative estimate of drug-likeness (QED) is 0.787. The van der Waals surface area contributed by atoms with Crippen molar-refractivity contribution in [3.05, 3.63) is 63.1 Å². The van der Waals surface area contributed by atoms with E-state index in [-0.39, 0.29) is 24.0 Å². The van der Waals surface area contributed by atoms with Crippen molar-refractivity contribution in [1.29, 1.82) is 0 Å². The molecular weight excluding hydrogens is 396 g/mol. The molecule has 2 aromatic rings. The van der Waals surface area contributed by atoms with E-state index in [1.807, 2.05) is 44.2 Å². The lowest BCUT2D eigenvalue weighted by molar-refractivity contribution is -0.0431. The molecular formula is C24H30N2O5. The highest BCUT2D eigenvalue weighted by Gasteiger charge is 2.58. The number of rotatable bonds is 3. The number of ether oxygens (including phenoxy) is 1. The molecule has 3 atom stereocenters.